The standard InChI is InChI=1S/C17H26N2O.ClH/c1-12(19-16(20)15-6-5-11-18-15)13-7-9-14(10-8-13)17(2,3)4;/h7-10,12,15,18H,5-6,11H2,1-4H3,(H,19,20);1H. The van der Waals surface area contributed by atoms with Crippen molar-refractivity contribution >= 4 is 18.3 Å². The number of carbonyl (C=O) groups is 1. The Morgan fingerprint density at radius 3 is 2.38 bits per heavy atom. The van der Waals surface area contributed by atoms with Crippen LogP contribution in [0.15, 0.2) is 24.3 Å². The molecule has 1 saturated heterocycles. The van der Waals surface area contributed by atoms with E-state index in [9.17, 15) is 4.79 Å². The summed E-state index contributed by atoms with van der Waals surface area (Å²) in [6, 6.07) is 8.60. The van der Waals surface area contributed by atoms with Gasteiger partial charge in [-0.1, -0.05) is 45.0 Å². The quantitative estimate of drug-likeness (QED) is 0.899. The molecule has 0 radical (unpaired) electrons. The van der Waals surface area contributed by atoms with Crippen molar-refractivity contribution in [1.29, 1.82) is 0 Å². The molecule has 1 aromatic carbocycles. The Balaban J connectivity index is 0.00000220. The molecule has 118 valence electrons. The average Bonchev–Trinajstić information content (AvgIpc) is 2.91. The number of carbonyl (C=O) groups excluding carboxylic acids is 1. The van der Waals surface area contributed by atoms with Crippen LogP contribution in [0.4, 0.5) is 0 Å². The molecule has 2 unspecified atom stereocenters. The van der Waals surface area contributed by atoms with Gasteiger partial charge in [-0.15, -0.1) is 12.4 Å². The second-order valence-corrected chi connectivity index (χ2v) is 6.75. The lowest BCUT2D eigenvalue weighted by Gasteiger charge is -2.21. The van der Waals surface area contributed by atoms with Gasteiger partial charge in [0.1, 0.15) is 0 Å². The molecule has 3 nitrogen and oxygen atoms in total. The normalized spacial score (nSPS) is 19.7. The van der Waals surface area contributed by atoms with Gasteiger partial charge in [0.05, 0.1) is 12.1 Å². The summed E-state index contributed by atoms with van der Waals surface area (Å²) in [4.78, 5) is 12.1. The molecule has 1 heterocycles. The van der Waals surface area contributed by atoms with E-state index in [2.05, 4.69) is 55.7 Å². The zero-order valence-electron chi connectivity index (χ0n) is 13.4. The minimum atomic E-state index is -0.00806. The van der Waals surface area contributed by atoms with E-state index in [1.807, 2.05) is 6.92 Å². The molecule has 0 bridgehead atoms. The van der Waals surface area contributed by atoms with Crippen molar-refractivity contribution in [3.63, 3.8) is 0 Å². The van der Waals surface area contributed by atoms with E-state index >= 15 is 0 Å². The highest BCUT2D eigenvalue weighted by Crippen LogP contribution is 2.24. The number of halogens is 1. The highest BCUT2D eigenvalue weighted by atomic mass is 35.5. The molecule has 1 amide bonds. The first-order valence-electron chi connectivity index (χ1n) is 7.52. The summed E-state index contributed by atoms with van der Waals surface area (Å²) in [5, 5.41) is 6.33. The summed E-state index contributed by atoms with van der Waals surface area (Å²) in [5.41, 5.74) is 2.64. The van der Waals surface area contributed by atoms with Crippen molar-refractivity contribution in [3.05, 3.63) is 35.4 Å². The Hall–Kier alpha value is -1.06. The Morgan fingerprint density at radius 2 is 1.90 bits per heavy atom. The largest absolute Gasteiger partial charge is 0.348 e. The lowest BCUT2D eigenvalue weighted by atomic mass is 9.86. The van der Waals surface area contributed by atoms with Gasteiger partial charge in [0, 0.05) is 0 Å². The fourth-order valence-electron chi connectivity index (χ4n) is 2.58. The van der Waals surface area contributed by atoms with Crippen LogP contribution in [0.3, 0.4) is 0 Å². The number of benzene rings is 1. The lowest BCUT2D eigenvalue weighted by molar-refractivity contribution is -0.123. The van der Waals surface area contributed by atoms with E-state index < -0.39 is 0 Å². The third-order valence-electron chi connectivity index (χ3n) is 4.01. The van der Waals surface area contributed by atoms with Crippen LogP contribution in [-0.2, 0) is 10.2 Å². The van der Waals surface area contributed by atoms with Crippen LogP contribution in [0.25, 0.3) is 0 Å². The first-order chi connectivity index (χ1) is 9.38. The SMILES string of the molecule is CC(NC(=O)C1CCCN1)c1ccc(C(C)(C)C)cc1.Cl. The van der Waals surface area contributed by atoms with Crippen LogP contribution in [0.5, 0.6) is 0 Å². The Bertz CT molecular complexity index is 459. The van der Waals surface area contributed by atoms with E-state index in [0.29, 0.717) is 0 Å². The fourth-order valence-corrected chi connectivity index (χ4v) is 2.58. The van der Waals surface area contributed by atoms with Crippen LogP contribution in [0.2, 0.25) is 0 Å². The minimum absolute atomic E-state index is 0. The van der Waals surface area contributed by atoms with E-state index in [1.54, 1.807) is 0 Å². The Morgan fingerprint density at radius 1 is 1.29 bits per heavy atom. The molecule has 0 spiro atoms. The van der Waals surface area contributed by atoms with Gasteiger partial charge in [0.25, 0.3) is 0 Å². The molecule has 4 heteroatoms. The van der Waals surface area contributed by atoms with E-state index in [1.165, 1.54) is 5.56 Å². The molecule has 0 aromatic heterocycles. The number of rotatable bonds is 3. The number of amides is 1. The molecular weight excluding hydrogens is 284 g/mol. The van der Waals surface area contributed by atoms with Crippen LogP contribution in [0, 0.1) is 0 Å². The summed E-state index contributed by atoms with van der Waals surface area (Å²) in [6.07, 6.45) is 2.04. The summed E-state index contributed by atoms with van der Waals surface area (Å²) in [7, 11) is 0. The summed E-state index contributed by atoms with van der Waals surface area (Å²) in [6.45, 7) is 9.61. The average molecular weight is 311 g/mol. The van der Waals surface area contributed by atoms with Crippen LogP contribution >= 0.6 is 12.4 Å². The van der Waals surface area contributed by atoms with Crippen molar-refractivity contribution in [2.24, 2.45) is 0 Å². The van der Waals surface area contributed by atoms with E-state index in [4.69, 9.17) is 0 Å². The van der Waals surface area contributed by atoms with Gasteiger partial charge in [0.15, 0.2) is 0 Å². The zero-order chi connectivity index (χ0) is 14.8. The first-order valence-corrected chi connectivity index (χ1v) is 7.52. The van der Waals surface area contributed by atoms with Crippen molar-refractivity contribution in [2.45, 2.75) is 58.0 Å². The molecule has 2 atom stereocenters. The maximum Gasteiger partial charge on any atom is 0.237 e. The topological polar surface area (TPSA) is 41.1 Å². The maximum atomic E-state index is 12.1. The van der Waals surface area contributed by atoms with Gasteiger partial charge in [-0.25, -0.2) is 0 Å². The van der Waals surface area contributed by atoms with Crippen molar-refractivity contribution in [3.8, 4) is 0 Å². The molecule has 1 aliphatic heterocycles. The monoisotopic (exact) mass is 310 g/mol. The fraction of sp³-hybridized carbons (Fsp3) is 0.588. The minimum Gasteiger partial charge on any atom is -0.348 e. The number of hydrogen-bond donors (Lipinski definition) is 2. The predicted octanol–water partition coefficient (Wildman–Crippen LogP) is 3.34. The Kier molecular flexibility index (Phi) is 6.24. The maximum absolute atomic E-state index is 12.1. The van der Waals surface area contributed by atoms with Gasteiger partial charge >= 0.3 is 0 Å². The predicted molar refractivity (Wildman–Crippen MR) is 90.0 cm³/mol. The highest BCUT2D eigenvalue weighted by Gasteiger charge is 2.23. The van der Waals surface area contributed by atoms with E-state index in [0.717, 1.165) is 24.9 Å². The molecule has 1 aromatic rings. The van der Waals surface area contributed by atoms with Crippen LogP contribution in [-0.4, -0.2) is 18.5 Å². The van der Waals surface area contributed by atoms with Crippen molar-refractivity contribution in [1.82, 2.24) is 10.6 Å². The molecule has 0 aliphatic carbocycles. The van der Waals surface area contributed by atoms with Gasteiger partial charge < -0.3 is 10.6 Å². The molecule has 1 aliphatic rings. The van der Waals surface area contributed by atoms with Crippen molar-refractivity contribution in [2.75, 3.05) is 6.54 Å². The molecule has 21 heavy (non-hydrogen) atoms. The Labute approximate surface area is 134 Å². The molecular formula is C17H27ClN2O. The number of nitrogens with one attached hydrogen (secondary N) is 2. The first kappa shape index (κ1) is 18.0. The molecule has 1 fully saturated rings. The summed E-state index contributed by atoms with van der Waals surface area (Å²) >= 11 is 0. The van der Waals surface area contributed by atoms with Crippen LogP contribution in [0.1, 0.15) is 57.7 Å². The van der Waals surface area contributed by atoms with Gasteiger partial charge in [-0.05, 0) is 42.9 Å². The van der Waals surface area contributed by atoms with Crippen molar-refractivity contribution < 1.29 is 4.79 Å². The second kappa shape index (κ2) is 7.28. The number of hydrogen-bond acceptors (Lipinski definition) is 2. The summed E-state index contributed by atoms with van der Waals surface area (Å²) in [5.74, 6) is 0.120. The smallest absolute Gasteiger partial charge is 0.237 e. The zero-order valence-corrected chi connectivity index (χ0v) is 14.2. The molecule has 0 saturated carbocycles. The molecule has 2 N–H and O–H groups in total. The third kappa shape index (κ3) is 4.72. The molecule has 2 rings (SSSR count). The van der Waals surface area contributed by atoms with Crippen LogP contribution < -0.4 is 10.6 Å². The lowest BCUT2D eigenvalue weighted by Crippen LogP contribution is -2.41. The van der Waals surface area contributed by atoms with Gasteiger partial charge in [-0.2, -0.15) is 0 Å². The van der Waals surface area contributed by atoms with Gasteiger partial charge in [-0.3, -0.25) is 4.79 Å². The second-order valence-electron chi connectivity index (χ2n) is 6.75. The van der Waals surface area contributed by atoms with Gasteiger partial charge in [0.2, 0.25) is 5.91 Å². The van der Waals surface area contributed by atoms with E-state index in [-0.39, 0.29) is 35.8 Å². The highest BCUT2D eigenvalue weighted by molar-refractivity contribution is 5.85. The third-order valence-corrected chi connectivity index (χ3v) is 4.01. The summed E-state index contributed by atoms with van der Waals surface area (Å²) < 4.78 is 0.